The Balaban J connectivity index is 1.38. The van der Waals surface area contributed by atoms with Gasteiger partial charge in [0, 0.05) is 44.0 Å². The number of carbonyl (C=O) groups excluding carboxylic acids is 1. The van der Waals surface area contributed by atoms with E-state index in [1.165, 1.54) is 0 Å². The van der Waals surface area contributed by atoms with Gasteiger partial charge in [-0.25, -0.2) is 8.42 Å². The average molecular weight is 464 g/mol. The summed E-state index contributed by atoms with van der Waals surface area (Å²) in [5.74, 6) is -0.131. The fourth-order valence-corrected chi connectivity index (χ4v) is 5.58. The van der Waals surface area contributed by atoms with Crippen LogP contribution in [0.25, 0.3) is 0 Å². The standard InChI is InChI=1S/C26H29N3O3S/c1-20-8-6-9-21(2)25(20)27-26(30)23-11-7-10-22(18-23)19-28-14-16-29(17-15-28)33(31,32)24-12-4-3-5-13-24/h3-13,18H,14-17,19H2,1-2H3,(H,27,30). The molecule has 33 heavy (non-hydrogen) atoms. The third-order valence-electron chi connectivity index (χ3n) is 6.03. The number of carbonyl (C=O) groups is 1. The molecule has 1 amide bonds. The Hall–Kier alpha value is -3.00. The summed E-state index contributed by atoms with van der Waals surface area (Å²) < 4.78 is 27.2. The minimum atomic E-state index is -3.46. The van der Waals surface area contributed by atoms with E-state index in [4.69, 9.17) is 0 Å². The van der Waals surface area contributed by atoms with Crippen molar-refractivity contribution in [1.82, 2.24) is 9.21 Å². The molecule has 1 aliphatic rings. The molecule has 0 atom stereocenters. The quantitative estimate of drug-likeness (QED) is 0.599. The number of para-hydroxylation sites is 1. The minimum absolute atomic E-state index is 0.131. The van der Waals surface area contributed by atoms with E-state index >= 15 is 0 Å². The summed E-state index contributed by atoms with van der Waals surface area (Å²) in [6, 6.07) is 22.1. The molecule has 4 rings (SSSR count). The first-order valence-electron chi connectivity index (χ1n) is 11.1. The molecular formula is C26H29N3O3S. The van der Waals surface area contributed by atoms with Crippen LogP contribution in [0.5, 0.6) is 0 Å². The molecule has 6 nitrogen and oxygen atoms in total. The first-order valence-corrected chi connectivity index (χ1v) is 12.5. The minimum Gasteiger partial charge on any atom is -0.322 e. The molecule has 0 bridgehead atoms. The smallest absolute Gasteiger partial charge is 0.255 e. The fraction of sp³-hybridized carbons (Fsp3) is 0.269. The number of benzene rings is 3. The maximum Gasteiger partial charge on any atom is 0.255 e. The molecule has 1 aliphatic heterocycles. The van der Waals surface area contributed by atoms with Gasteiger partial charge in [0.15, 0.2) is 0 Å². The van der Waals surface area contributed by atoms with Gasteiger partial charge in [-0.05, 0) is 54.8 Å². The van der Waals surface area contributed by atoms with Crippen LogP contribution in [0.2, 0.25) is 0 Å². The molecule has 1 N–H and O–H groups in total. The Labute approximate surface area is 195 Å². The zero-order valence-electron chi connectivity index (χ0n) is 19.0. The number of rotatable bonds is 6. The van der Waals surface area contributed by atoms with Crippen molar-refractivity contribution in [3.05, 3.63) is 95.1 Å². The van der Waals surface area contributed by atoms with Gasteiger partial charge >= 0.3 is 0 Å². The third kappa shape index (κ3) is 5.33. The summed E-state index contributed by atoms with van der Waals surface area (Å²) >= 11 is 0. The molecule has 0 unspecified atom stereocenters. The number of anilines is 1. The highest BCUT2D eigenvalue weighted by atomic mass is 32.2. The SMILES string of the molecule is Cc1cccc(C)c1NC(=O)c1cccc(CN2CCN(S(=O)(=O)c3ccccc3)CC2)c1. The summed E-state index contributed by atoms with van der Waals surface area (Å²) in [6.07, 6.45) is 0. The van der Waals surface area contributed by atoms with Crippen molar-refractivity contribution in [1.29, 1.82) is 0 Å². The van der Waals surface area contributed by atoms with Crippen molar-refractivity contribution >= 4 is 21.6 Å². The van der Waals surface area contributed by atoms with Crippen LogP contribution in [0.3, 0.4) is 0 Å². The molecule has 0 aliphatic carbocycles. The normalized spacial score (nSPS) is 15.3. The largest absolute Gasteiger partial charge is 0.322 e. The Morgan fingerprint density at radius 3 is 2.15 bits per heavy atom. The van der Waals surface area contributed by atoms with Crippen molar-refractivity contribution in [3.8, 4) is 0 Å². The van der Waals surface area contributed by atoms with E-state index < -0.39 is 10.0 Å². The number of aryl methyl sites for hydroxylation is 2. The Morgan fingerprint density at radius 2 is 1.48 bits per heavy atom. The van der Waals surface area contributed by atoms with Gasteiger partial charge in [0.2, 0.25) is 10.0 Å². The lowest BCUT2D eigenvalue weighted by atomic mass is 10.1. The van der Waals surface area contributed by atoms with Crippen LogP contribution in [0.1, 0.15) is 27.0 Å². The van der Waals surface area contributed by atoms with Crippen molar-refractivity contribution in [2.75, 3.05) is 31.5 Å². The highest BCUT2D eigenvalue weighted by Gasteiger charge is 2.28. The lowest BCUT2D eigenvalue weighted by Crippen LogP contribution is -2.48. The van der Waals surface area contributed by atoms with Gasteiger partial charge in [-0.3, -0.25) is 9.69 Å². The lowest BCUT2D eigenvalue weighted by Gasteiger charge is -2.34. The fourth-order valence-electron chi connectivity index (χ4n) is 4.14. The first kappa shape index (κ1) is 23.2. The number of hydrogen-bond donors (Lipinski definition) is 1. The number of nitrogens with zero attached hydrogens (tertiary/aromatic N) is 2. The Bertz CT molecular complexity index is 1210. The molecule has 1 heterocycles. The van der Waals surface area contributed by atoms with Crippen molar-refractivity contribution in [2.45, 2.75) is 25.3 Å². The molecule has 172 valence electrons. The predicted molar refractivity (Wildman–Crippen MR) is 131 cm³/mol. The summed E-state index contributed by atoms with van der Waals surface area (Å²) in [4.78, 5) is 15.4. The molecule has 3 aromatic carbocycles. The number of nitrogens with one attached hydrogen (secondary N) is 1. The molecule has 1 fully saturated rings. The van der Waals surface area contributed by atoms with Crippen LogP contribution in [0.4, 0.5) is 5.69 Å². The van der Waals surface area contributed by atoms with Crippen LogP contribution in [0.15, 0.2) is 77.7 Å². The topological polar surface area (TPSA) is 69.7 Å². The Kier molecular flexibility index (Phi) is 6.93. The van der Waals surface area contributed by atoms with E-state index in [2.05, 4.69) is 10.2 Å². The van der Waals surface area contributed by atoms with E-state index in [-0.39, 0.29) is 5.91 Å². The average Bonchev–Trinajstić information content (AvgIpc) is 2.82. The van der Waals surface area contributed by atoms with E-state index in [0.717, 1.165) is 22.4 Å². The van der Waals surface area contributed by atoms with E-state index in [1.807, 2.05) is 62.4 Å². The molecule has 0 saturated carbocycles. The molecule has 3 aromatic rings. The summed E-state index contributed by atoms with van der Waals surface area (Å²) in [5, 5.41) is 3.04. The molecule has 0 spiro atoms. The van der Waals surface area contributed by atoms with Crippen LogP contribution in [-0.4, -0.2) is 49.7 Å². The van der Waals surface area contributed by atoms with Gasteiger partial charge < -0.3 is 5.32 Å². The molecule has 0 aromatic heterocycles. The maximum atomic E-state index is 12.9. The summed E-state index contributed by atoms with van der Waals surface area (Å²) in [6.45, 7) is 6.82. The van der Waals surface area contributed by atoms with Gasteiger partial charge in [-0.1, -0.05) is 48.5 Å². The molecule has 7 heteroatoms. The lowest BCUT2D eigenvalue weighted by molar-refractivity contribution is 0.102. The number of sulfonamides is 1. The third-order valence-corrected chi connectivity index (χ3v) is 7.94. The zero-order valence-corrected chi connectivity index (χ0v) is 19.8. The number of piperazine rings is 1. The van der Waals surface area contributed by atoms with Crippen LogP contribution < -0.4 is 5.32 Å². The second kappa shape index (κ2) is 9.87. The zero-order chi connectivity index (χ0) is 23.4. The maximum absolute atomic E-state index is 12.9. The van der Waals surface area contributed by atoms with Crippen LogP contribution >= 0.6 is 0 Å². The highest BCUT2D eigenvalue weighted by Crippen LogP contribution is 2.21. The predicted octanol–water partition coefficient (Wildman–Crippen LogP) is 4.06. The second-order valence-electron chi connectivity index (χ2n) is 8.41. The van der Waals surface area contributed by atoms with E-state index in [9.17, 15) is 13.2 Å². The van der Waals surface area contributed by atoms with E-state index in [0.29, 0.717) is 43.2 Å². The number of amides is 1. The first-order chi connectivity index (χ1) is 15.8. The summed E-state index contributed by atoms with van der Waals surface area (Å²) in [5.41, 5.74) is 4.55. The molecule has 0 radical (unpaired) electrons. The van der Waals surface area contributed by atoms with Crippen LogP contribution in [-0.2, 0) is 16.6 Å². The Morgan fingerprint density at radius 1 is 0.848 bits per heavy atom. The van der Waals surface area contributed by atoms with Crippen LogP contribution in [0, 0.1) is 13.8 Å². The van der Waals surface area contributed by atoms with Gasteiger partial charge in [0.05, 0.1) is 4.90 Å². The van der Waals surface area contributed by atoms with Gasteiger partial charge in [-0.2, -0.15) is 4.31 Å². The molecule has 1 saturated heterocycles. The summed E-state index contributed by atoms with van der Waals surface area (Å²) in [7, 11) is -3.46. The van der Waals surface area contributed by atoms with Crippen molar-refractivity contribution < 1.29 is 13.2 Å². The number of hydrogen-bond acceptors (Lipinski definition) is 4. The van der Waals surface area contributed by atoms with Gasteiger partial charge in [0.1, 0.15) is 0 Å². The second-order valence-corrected chi connectivity index (χ2v) is 10.4. The van der Waals surface area contributed by atoms with Gasteiger partial charge in [0.25, 0.3) is 5.91 Å². The van der Waals surface area contributed by atoms with Crippen molar-refractivity contribution in [3.63, 3.8) is 0 Å². The monoisotopic (exact) mass is 463 g/mol. The van der Waals surface area contributed by atoms with E-state index in [1.54, 1.807) is 28.6 Å². The molecular weight excluding hydrogens is 434 g/mol. The van der Waals surface area contributed by atoms with Gasteiger partial charge in [-0.15, -0.1) is 0 Å². The highest BCUT2D eigenvalue weighted by molar-refractivity contribution is 7.89. The van der Waals surface area contributed by atoms with Crippen molar-refractivity contribution in [2.24, 2.45) is 0 Å².